The van der Waals surface area contributed by atoms with E-state index >= 15 is 0 Å². The lowest BCUT2D eigenvalue weighted by molar-refractivity contribution is 0.607. The number of aromatic nitrogens is 3. The maximum atomic E-state index is 6.00. The zero-order chi connectivity index (χ0) is 10.8. The molecule has 4 nitrogen and oxygen atoms in total. The van der Waals surface area contributed by atoms with Crippen LogP contribution >= 0.6 is 0 Å². The highest BCUT2D eigenvalue weighted by Gasteiger charge is 2.11. The average Bonchev–Trinajstić information content (AvgIpc) is 2.61. The van der Waals surface area contributed by atoms with Crippen molar-refractivity contribution in [2.24, 2.45) is 0 Å². The largest absolute Gasteiger partial charge is 0.383 e. The molecule has 0 aliphatic rings. The van der Waals surface area contributed by atoms with Gasteiger partial charge in [-0.3, -0.25) is 4.98 Å². The van der Waals surface area contributed by atoms with Crippen LogP contribution in [0, 0.1) is 0 Å². The molecule has 0 atom stereocenters. The number of nitrogens with two attached hydrogens (primary N) is 1. The highest BCUT2D eigenvalue weighted by Crippen LogP contribution is 2.24. The molecule has 15 heavy (non-hydrogen) atoms. The second-order valence-corrected chi connectivity index (χ2v) is 3.69. The van der Waals surface area contributed by atoms with Crippen molar-refractivity contribution < 1.29 is 0 Å². The van der Waals surface area contributed by atoms with Gasteiger partial charge in [-0.1, -0.05) is 6.07 Å². The summed E-state index contributed by atoms with van der Waals surface area (Å²) in [5.74, 6) is 0.670. The minimum absolute atomic E-state index is 0.315. The van der Waals surface area contributed by atoms with Gasteiger partial charge in [-0.05, 0) is 26.0 Å². The Kier molecular flexibility index (Phi) is 2.41. The Balaban J connectivity index is 2.47. The number of hydrogen-bond acceptors (Lipinski definition) is 3. The van der Waals surface area contributed by atoms with Gasteiger partial charge in [0, 0.05) is 12.2 Å². The van der Waals surface area contributed by atoms with E-state index in [2.05, 4.69) is 23.8 Å². The Morgan fingerprint density at radius 1 is 1.27 bits per heavy atom. The van der Waals surface area contributed by atoms with Gasteiger partial charge in [-0.15, -0.1) is 0 Å². The molecule has 0 bridgehead atoms. The van der Waals surface area contributed by atoms with Crippen LogP contribution in [-0.2, 0) is 0 Å². The first-order valence-corrected chi connectivity index (χ1v) is 4.94. The lowest BCUT2D eigenvalue weighted by Crippen LogP contribution is -2.04. The smallest absolute Gasteiger partial charge is 0.133 e. The van der Waals surface area contributed by atoms with Crippen LogP contribution < -0.4 is 5.73 Å². The molecule has 0 aliphatic heterocycles. The van der Waals surface area contributed by atoms with Gasteiger partial charge >= 0.3 is 0 Å². The van der Waals surface area contributed by atoms with Crippen molar-refractivity contribution in [1.29, 1.82) is 0 Å². The van der Waals surface area contributed by atoms with E-state index < -0.39 is 0 Å². The molecule has 0 aliphatic carbocycles. The summed E-state index contributed by atoms with van der Waals surface area (Å²) in [7, 11) is 0. The quantitative estimate of drug-likeness (QED) is 0.811. The minimum atomic E-state index is 0.315. The second kappa shape index (κ2) is 3.73. The SMILES string of the molecule is CC(C)n1cnc(-c2ccccn2)c1N. The maximum absolute atomic E-state index is 6.00. The summed E-state index contributed by atoms with van der Waals surface area (Å²) in [6, 6.07) is 6.02. The summed E-state index contributed by atoms with van der Waals surface area (Å²) >= 11 is 0. The van der Waals surface area contributed by atoms with Gasteiger partial charge in [0.15, 0.2) is 0 Å². The maximum Gasteiger partial charge on any atom is 0.133 e. The molecule has 0 radical (unpaired) electrons. The second-order valence-electron chi connectivity index (χ2n) is 3.69. The van der Waals surface area contributed by atoms with Crippen LogP contribution in [-0.4, -0.2) is 14.5 Å². The van der Waals surface area contributed by atoms with E-state index in [1.165, 1.54) is 0 Å². The molecule has 2 heterocycles. The summed E-state index contributed by atoms with van der Waals surface area (Å²) in [5.41, 5.74) is 7.56. The summed E-state index contributed by atoms with van der Waals surface area (Å²) in [4.78, 5) is 8.51. The number of pyridine rings is 1. The van der Waals surface area contributed by atoms with Crippen molar-refractivity contribution in [2.45, 2.75) is 19.9 Å². The molecule has 0 fully saturated rings. The van der Waals surface area contributed by atoms with E-state index in [0.29, 0.717) is 11.9 Å². The van der Waals surface area contributed by atoms with Gasteiger partial charge in [0.1, 0.15) is 11.5 Å². The van der Waals surface area contributed by atoms with E-state index in [4.69, 9.17) is 5.73 Å². The molecule has 2 N–H and O–H groups in total. The third-order valence-electron chi connectivity index (χ3n) is 2.30. The van der Waals surface area contributed by atoms with E-state index in [1.54, 1.807) is 12.5 Å². The highest BCUT2D eigenvalue weighted by atomic mass is 15.1. The van der Waals surface area contributed by atoms with Gasteiger partial charge in [-0.25, -0.2) is 4.98 Å². The fourth-order valence-electron chi connectivity index (χ4n) is 1.48. The first kappa shape index (κ1) is 9.71. The van der Waals surface area contributed by atoms with Crippen LogP contribution in [0.5, 0.6) is 0 Å². The third-order valence-corrected chi connectivity index (χ3v) is 2.30. The third kappa shape index (κ3) is 1.70. The normalized spacial score (nSPS) is 10.9. The molecule has 2 aromatic rings. The number of anilines is 1. The zero-order valence-electron chi connectivity index (χ0n) is 8.88. The van der Waals surface area contributed by atoms with E-state index in [-0.39, 0.29) is 0 Å². The van der Waals surface area contributed by atoms with Crippen LogP contribution in [0.3, 0.4) is 0 Å². The molecule has 2 aromatic heterocycles. The Morgan fingerprint density at radius 3 is 2.60 bits per heavy atom. The summed E-state index contributed by atoms with van der Waals surface area (Å²) in [6.07, 6.45) is 3.49. The molecule has 0 amide bonds. The first-order chi connectivity index (χ1) is 7.20. The molecule has 0 unspecified atom stereocenters. The van der Waals surface area contributed by atoms with Gasteiger partial charge in [0.05, 0.1) is 12.0 Å². The zero-order valence-corrected chi connectivity index (χ0v) is 8.88. The molecular formula is C11H14N4. The van der Waals surface area contributed by atoms with Crippen LogP contribution in [0.1, 0.15) is 19.9 Å². The van der Waals surface area contributed by atoms with Gasteiger partial charge in [0.25, 0.3) is 0 Å². The molecule has 0 saturated heterocycles. The number of nitrogen functional groups attached to an aromatic ring is 1. The lowest BCUT2D eigenvalue weighted by atomic mass is 10.2. The van der Waals surface area contributed by atoms with E-state index in [1.807, 2.05) is 22.8 Å². The fraction of sp³-hybridized carbons (Fsp3) is 0.273. The van der Waals surface area contributed by atoms with Crippen molar-refractivity contribution in [1.82, 2.24) is 14.5 Å². The van der Waals surface area contributed by atoms with Crippen molar-refractivity contribution in [3.05, 3.63) is 30.7 Å². The Hall–Kier alpha value is -1.84. The molecule has 0 saturated carbocycles. The predicted octanol–water partition coefficient (Wildman–Crippen LogP) is 2.11. The first-order valence-electron chi connectivity index (χ1n) is 4.94. The Labute approximate surface area is 88.8 Å². The van der Waals surface area contributed by atoms with Gasteiger partial charge in [0.2, 0.25) is 0 Å². The topological polar surface area (TPSA) is 56.7 Å². The molecule has 2 rings (SSSR count). The van der Waals surface area contributed by atoms with Crippen molar-refractivity contribution in [2.75, 3.05) is 5.73 Å². The highest BCUT2D eigenvalue weighted by molar-refractivity contribution is 5.66. The summed E-state index contributed by atoms with van der Waals surface area (Å²) in [6.45, 7) is 4.14. The van der Waals surface area contributed by atoms with Crippen molar-refractivity contribution >= 4 is 5.82 Å². The monoisotopic (exact) mass is 202 g/mol. The number of rotatable bonds is 2. The van der Waals surface area contributed by atoms with Crippen LogP contribution in [0.25, 0.3) is 11.4 Å². The van der Waals surface area contributed by atoms with Crippen molar-refractivity contribution in [3.63, 3.8) is 0 Å². The van der Waals surface area contributed by atoms with Crippen LogP contribution in [0.15, 0.2) is 30.7 Å². The minimum Gasteiger partial charge on any atom is -0.383 e. The standard InChI is InChI=1S/C11H14N4/c1-8(2)15-7-14-10(11(15)12)9-5-3-4-6-13-9/h3-8H,12H2,1-2H3. The Morgan fingerprint density at radius 2 is 2.07 bits per heavy atom. The summed E-state index contributed by atoms with van der Waals surface area (Å²) in [5, 5.41) is 0. The molecule has 0 spiro atoms. The van der Waals surface area contributed by atoms with Gasteiger partial charge < -0.3 is 10.3 Å². The van der Waals surface area contributed by atoms with Gasteiger partial charge in [-0.2, -0.15) is 0 Å². The van der Waals surface area contributed by atoms with E-state index in [0.717, 1.165) is 11.4 Å². The molecule has 4 heteroatoms. The number of nitrogens with zero attached hydrogens (tertiary/aromatic N) is 3. The van der Waals surface area contributed by atoms with Crippen LogP contribution in [0.4, 0.5) is 5.82 Å². The molecular weight excluding hydrogens is 188 g/mol. The average molecular weight is 202 g/mol. The van der Waals surface area contributed by atoms with Crippen LogP contribution in [0.2, 0.25) is 0 Å². The molecule has 78 valence electrons. The number of hydrogen-bond donors (Lipinski definition) is 1. The number of imidazole rings is 1. The fourth-order valence-corrected chi connectivity index (χ4v) is 1.48. The predicted molar refractivity (Wildman–Crippen MR) is 60.3 cm³/mol. The summed E-state index contributed by atoms with van der Waals surface area (Å²) < 4.78 is 1.93. The van der Waals surface area contributed by atoms with Crippen molar-refractivity contribution in [3.8, 4) is 11.4 Å². The Bertz CT molecular complexity index is 445. The molecule has 0 aromatic carbocycles. The van der Waals surface area contributed by atoms with E-state index in [9.17, 15) is 0 Å². The lowest BCUT2D eigenvalue weighted by Gasteiger charge is -2.08.